The van der Waals surface area contributed by atoms with Crippen LogP contribution in [0.3, 0.4) is 0 Å². The summed E-state index contributed by atoms with van der Waals surface area (Å²) >= 11 is 0. The Morgan fingerprint density at radius 1 is 0.488 bits per heavy atom. The van der Waals surface area contributed by atoms with Crippen LogP contribution in [0, 0.1) is 0 Å². The van der Waals surface area contributed by atoms with Crippen LogP contribution in [-0.4, -0.2) is 131 Å². The minimum Gasteiger partial charge on any atom is -0.488 e. The predicted octanol–water partition coefficient (Wildman–Crippen LogP) is 4.95. The normalized spacial score (nSPS) is 14.8. The number of nitrogens with two attached hydrogens (primary N) is 1. The molecule has 0 unspecified atom stereocenters. The monoisotopic (exact) mass is 1150 g/mol. The molecule has 22 nitrogen and oxygen atoms in total. The molecule has 3 aromatic carbocycles. The van der Waals surface area contributed by atoms with Crippen molar-refractivity contribution in [1.29, 1.82) is 0 Å². The number of benzene rings is 3. The Morgan fingerprint density at radius 3 is 1.41 bits per heavy atom. The van der Waals surface area contributed by atoms with Gasteiger partial charge in [0, 0.05) is 19.3 Å². The van der Waals surface area contributed by atoms with Crippen LogP contribution >= 0.6 is 0 Å². The molecule has 82 heavy (non-hydrogen) atoms. The van der Waals surface area contributed by atoms with Gasteiger partial charge in [-0.2, -0.15) is 0 Å². The zero-order valence-electron chi connectivity index (χ0n) is 50.1. The molecule has 8 atom stereocenters. The summed E-state index contributed by atoms with van der Waals surface area (Å²) in [4.78, 5) is 125. The number of nitrogens with one attached hydrogen (secondary N) is 6. The summed E-state index contributed by atoms with van der Waals surface area (Å²) in [6.07, 6.45) is -4.97. The topological polar surface area (TPSA) is 307 Å². The zero-order chi connectivity index (χ0) is 61.8. The molecule has 8 N–H and O–H groups in total. The molecule has 22 heteroatoms. The van der Waals surface area contributed by atoms with E-state index < -0.39 is 144 Å². The number of rotatable bonds is 28. The van der Waals surface area contributed by atoms with Crippen molar-refractivity contribution in [2.75, 3.05) is 7.11 Å². The van der Waals surface area contributed by atoms with Crippen molar-refractivity contribution in [2.45, 2.75) is 207 Å². The molecule has 0 spiro atoms. The lowest BCUT2D eigenvalue weighted by atomic mass is 10.0. The van der Waals surface area contributed by atoms with E-state index in [1.54, 1.807) is 148 Å². The van der Waals surface area contributed by atoms with E-state index >= 15 is 0 Å². The second-order valence-electron chi connectivity index (χ2n) is 23.9. The molecule has 3 rings (SSSR count). The van der Waals surface area contributed by atoms with E-state index in [1.165, 1.54) is 6.92 Å². The minimum absolute atomic E-state index is 0.0269. The van der Waals surface area contributed by atoms with Gasteiger partial charge in [-0.05, 0) is 132 Å². The second-order valence-corrected chi connectivity index (χ2v) is 23.9. The molecule has 0 saturated carbocycles. The molecule has 0 saturated heterocycles. The molecule has 0 fully saturated rings. The molecule has 0 bridgehead atoms. The van der Waals surface area contributed by atoms with Gasteiger partial charge in [-0.15, -0.1) is 0 Å². The predicted molar refractivity (Wildman–Crippen MR) is 305 cm³/mol. The van der Waals surface area contributed by atoms with Crippen molar-refractivity contribution in [3.05, 3.63) is 102 Å². The molecule has 0 radical (unpaired) electrons. The minimum atomic E-state index is -1.73. The SMILES string of the molecule is COC(=O)[C@H](Cc1ccccc1)NC(=O)[C@H](CC(=O)OC(C)(C)C)NC(=O)[C@H](CCC(N)=O)NC(=O)[C@@H](NC(=O)[C@H](Cc1ccc(OC(C)(C)C)cc1)NC(=O)[C@@H](NC(=O)OCc1ccccc1)[C@@H](C)OC(C)(C)C)[C@@H](C)OC(C)(C)C. The van der Waals surface area contributed by atoms with Crippen LogP contribution in [0.4, 0.5) is 4.79 Å². The number of ether oxygens (including phenoxy) is 6. The molecule has 0 aliphatic rings. The van der Waals surface area contributed by atoms with Crippen molar-refractivity contribution in [3.8, 4) is 5.75 Å². The number of primary amides is 1. The smallest absolute Gasteiger partial charge is 0.408 e. The standard InChI is InChI=1S/C60H87N7O15/c1-36(79-57(3,4)5)48(53(73)62-42(30-31-46(61)68)50(70)63-44(34-47(69)82-60(12,13)14)51(71)65-45(55(75)77-15)33-38-22-18-16-19-23-38)66-52(72)43(32-39-26-28-41(29-27-39)81-59(9,10)11)64-54(74)49(37(2)80-58(6,7)8)67-56(76)78-35-40-24-20-17-21-25-40/h16-29,36-37,42-45,48-49H,30-35H2,1-15H3,(H2,61,68)(H,62,73)(H,63,70)(H,64,74)(H,65,71)(H,66,72)(H,67,76)/t36-,37-,42+,43+,44+,45+,48+,49+/m1/s1. The maximum atomic E-state index is 15.0. The summed E-state index contributed by atoms with van der Waals surface area (Å²) < 4.78 is 34.3. The summed E-state index contributed by atoms with van der Waals surface area (Å²) in [6.45, 7) is 23.8. The molecule has 0 aliphatic carbocycles. The number of amides is 7. The molecule has 3 aromatic rings. The van der Waals surface area contributed by atoms with Crippen LogP contribution in [0.5, 0.6) is 5.75 Å². The first-order valence-corrected chi connectivity index (χ1v) is 27.3. The summed E-state index contributed by atoms with van der Waals surface area (Å²) in [6, 6.07) is 15.1. The largest absolute Gasteiger partial charge is 0.488 e. The fourth-order valence-corrected chi connectivity index (χ4v) is 8.25. The van der Waals surface area contributed by atoms with Gasteiger partial charge in [0.05, 0.1) is 36.9 Å². The summed E-state index contributed by atoms with van der Waals surface area (Å²) in [7, 11) is 1.13. The number of methoxy groups -OCH3 is 1. The quantitative estimate of drug-likeness (QED) is 0.0374. The third-order valence-electron chi connectivity index (χ3n) is 11.6. The van der Waals surface area contributed by atoms with Crippen molar-refractivity contribution in [3.63, 3.8) is 0 Å². The van der Waals surface area contributed by atoms with Crippen molar-refractivity contribution in [1.82, 2.24) is 31.9 Å². The van der Waals surface area contributed by atoms with Crippen molar-refractivity contribution in [2.24, 2.45) is 5.73 Å². The Bertz CT molecular complexity index is 2610. The van der Waals surface area contributed by atoms with E-state index in [2.05, 4.69) is 31.9 Å². The first-order chi connectivity index (χ1) is 38.0. The van der Waals surface area contributed by atoms with Gasteiger partial charge < -0.3 is 66.1 Å². The second kappa shape index (κ2) is 31.0. The van der Waals surface area contributed by atoms with Crippen LogP contribution in [0.2, 0.25) is 0 Å². The van der Waals surface area contributed by atoms with Gasteiger partial charge in [0.25, 0.3) is 0 Å². The van der Waals surface area contributed by atoms with Crippen LogP contribution in [0.15, 0.2) is 84.9 Å². The highest BCUT2D eigenvalue weighted by molar-refractivity contribution is 5.98. The van der Waals surface area contributed by atoms with Gasteiger partial charge in [0.2, 0.25) is 35.4 Å². The van der Waals surface area contributed by atoms with Gasteiger partial charge in [-0.3, -0.25) is 33.6 Å². The van der Waals surface area contributed by atoms with Crippen LogP contribution < -0.4 is 42.4 Å². The first kappa shape index (κ1) is 68.7. The van der Waals surface area contributed by atoms with Crippen LogP contribution in [-0.2, 0) is 81.5 Å². The van der Waals surface area contributed by atoms with Gasteiger partial charge >= 0.3 is 18.0 Å². The maximum Gasteiger partial charge on any atom is 0.408 e. The highest BCUT2D eigenvalue weighted by atomic mass is 16.6. The average Bonchev–Trinajstić information content (AvgIpc) is 3.38. The van der Waals surface area contributed by atoms with E-state index in [4.69, 9.17) is 34.2 Å². The van der Waals surface area contributed by atoms with E-state index in [1.807, 2.05) is 26.8 Å². The molecule has 7 amide bonds. The van der Waals surface area contributed by atoms with E-state index in [9.17, 15) is 43.2 Å². The third-order valence-corrected chi connectivity index (χ3v) is 11.6. The van der Waals surface area contributed by atoms with Gasteiger partial charge in [0.15, 0.2) is 0 Å². The number of hydrogen-bond donors (Lipinski definition) is 7. The molecule has 452 valence electrons. The van der Waals surface area contributed by atoms with E-state index in [0.29, 0.717) is 22.4 Å². The third kappa shape index (κ3) is 26.3. The first-order valence-electron chi connectivity index (χ1n) is 27.3. The average molecular weight is 1150 g/mol. The maximum absolute atomic E-state index is 15.0. The Labute approximate surface area is 482 Å². The Hall–Kier alpha value is -7.59. The lowest BCUT2D eigenvalue weighted by molar-refractivity contribution is -0.157. The molecular formula is C60H87N7O15. The summed E-state index contributed by atoms with van der Waals surface area (Å²) in [5.74, 6) is -6.90. The number of esters is 2. The molecular weight excluding hydrogens is 1060 g/mol. The van der Waals surface area contributed by atoms with E-state index in [-0.39, 0.29) is 19.4 Å². The Kier molecular flexibility index (Phi) is 26.0. The number of alkyl carbamates (subject to hydrolysis) is 1. The summed E-state index contributed by atoms with van der Waals surface area (Å²) in [5, 5.41) is 15.7. The zero-order valence-corrected chi connectivity index (χ0v) is 50.1. The molecule has 0 aliphatic heterocycles. The van der Waals surface area contributed by atoms with Crippen molar-refractivity contribution >= 4 is 53.5 Å². The number of carbonyl (C=O) groups excluding carboxylic acids is 9. The van der Waals surface area contributed by atoms with Gasteiger partial charge in [-0.25, -0.2) is 9.59 Å². The van der Waals surface area contributed by atoms with Gasteiger partial charge in [-0.1, -0.05) is 72.8 Å². The lowest BCUT2D eigenvalue weighted by Crippen LogP contribution is -2.63. The van der Waals surface area contributed by atoms with Crippen LogP contribution in [0.25, 0.3) is 0 Å². The summed E-state index contributed by atoms with van der Waals surface area (Å²) in [5.41, 5.74) is 4.13. The number of carbonyl (C=O) groups is 9. The molecule has 0 aromatic heterocycles. The lowest BCUT2D eigenvalue weighted by Gasteiger charge is -2.33. The number of hydrogen-bond acceptors (Lipinski definition) is 15. The van der Waals surface area contributed by atoms with Crippen molar-refractivity contribution < 1.29 is 71.6 Å². The van der Waals surface area contributed by atoms with Crippen LogP contribution in [0.1, 0.15) is 133 Å². The van der Waals surface area contributed by atoms with Gasteiger partial charge in [0.1, 0.15) is 59.8 Å². The fourth-order valence-electron chi connectivity index (χ4n) is 8.25. The Balaban J connectivity index is 2.10. The molecule has 0 heterocycles. The fraction of sp³-hybridized carbons (Fsp3) is 0.550. The van der Waals surface area contributed by atoms with E-state index in [0.717, 1.165) is 7.11 Å². The highest BCUT2D eigenvalue weighted by Crippen LogP contribution is 2.21. The highest BCUT2D eigenvalue weighted by Gasteiger charge is 2.39. The Morgan fingerprint density at radius 2 is 0.927 bits per heavy atom.